The van der Waals surface area contributed by atoms with Gasteiger partial charge in [0, 0.05) is 29.6 Å². The fraction of sp³-hybridized carbons (Fsp3) is 0.0968. The zero-order chi connectivity index (χ0) is 24.8. The van der Waals surface area contributed by atoms with Gasteiger partial charge in [0.25, 0.3) is 0 Å². The lowest BCUT2D eigenvalue weighted by molar-refractivity contribution is -0.122. The lowest BCUT2D eigenvalue weighted by Gasteiger charge is -2.27. The molecule has 0 aliphatic rings. The molecule has 0 heterocycles. The molecule has 4 nitrogen and oxygen atoms in total. The number of rotatable bonds is 10. The first-order valence-electron chi connectivity index (χ1n) is 11.5. The zero-order valence-corrected chi connectivity index (χ0v) is 19.4. The predicted molar refractivity (Wildman–Crippen MR) is 142 cm³/mol. The van der Waals surface area contributed by atoms with Crippen LogP contribution < -0.4 is 4.90 Å². The Hall–Kier alpha value is -4.28. The van der Waals surface area contributed by atoms with Gasteiger partial charge in [0.1, 0.15) is 6.10 Å². The van der Waals surface area contributed by atoms with E-state index in [1.165, 1.54) is 6.08 Å². The smallest absolute Gasteiger partial charge is 0.183 e. The van der Waals surface area contributed by atoms with Crippen LogP contribution in [0.15, 0.2) is 116 Å². The highest BCUT2D eigenvalue weighted by molar-refractivity contribution is 5.99. The molecular formula is C31H27NO3. The summed E-state index contributed by atoms with van der Waals surface area (Å²) in [6.45, 7) is 6.99. The maximum atomic E-state index is 11.8. The van der Waals surface area contributed by atoms with E-state index in [9.17, 15) is 14.7 Å². The van der Waals surface area contributed by atoms with Gasteiger partial charge in [-0.05, 0) is 59.0 Å². The van der Waals surface area contributed by atoms with Crippen molar-refractivity contribution in [2.75, 3.05) is 4.90 Å². The number of aliphatic hydroxyl groups excluding tert-OH is 1. The average molecular weight is 462 g/mol. The van der Waals surface area contributed by atoms with Crippen molar-refractivity contribution in [2.45, 2.75) is 18.9 Å². The van der Waals surface area contributed by atoms with Crippen molar-refractivity contribution < 1.29 is 14.7 Å². The van der Waals surface area contributed by atoms with Gasteiger partial charge in [0.2, 0.25) is 0 Å². The Morgan fingerprint density at radius 1 is 0.771 bits per heavy atom. The lowest BCUT2D eigenvalue weighted by Crippen LogP contribution is -2.20. The number of ketones is 2. The van der Waals surface area contributed by atoms with Crippen LogP contribution in [0.5, 0.6) is 0 Å². The highest BCUT2D eigenvalue weighted by Crippen LogP contribution is 2.38. The van der Waals surface area contributed by atoms with E-state index < -0.39 is 6.10 Å². The molecule has 0 saturated heterocycles. The van der Waals surface area contributed by atoms with Crippen molar-refractivity contribution in [2.24, 2.45) is 0 Å². The molecule has 0 radical (unpaired) electrons. The summed E-state index contributed by atoms with van der Waals surface area (Å²) < 4.78 is 0. The fourth-order valence-corrected chi connectivity index (χ4v) is 4.11. The van der Waals surface area contributed by atoms with Gasteiger partial charge in [0.05, 0.1) is 5.69 Å². The van der Waals surface area contributed by atoms with Gasteiger partial charge in [-0.2, -0.15) is 0 Å². The summed E-state index contributed by atoms with van der Waals surface area (Å²) in [7, 11) is 0. The van der Waals surface area contributed by atoms with Crippen LogP contribution >= 0.6 is 0 Å². The molecule has 0 aliphatic carbocycles. The summed E-state index contributed by atoms with van der Waals surface area (Å²) in [4.78, 5) is 25.6. The van der Waals surface area contributed by atoms with Gasteiger partial charge >= 0.3 is 0 Å². The molecule has 0 aromatic heterocycles. The normalized spacial score (nSPS) is 11.6. The molecule has 0 bridgehead atoms. The van der Waals surface area contributed by atoms with Crippen LogP contribution in [0.3, 0.4) is 0 Å². The number of hydrogen-bond donors (Lipinski definition) is 1. The number of benzene rings is 4. The topological polar surface area (TPSA) is 57.6 Å². The SMILES string of the molecule is C=CC(=O)Cc1ccc(N(c2ccc(CC(O)C(=O)C=C)cc2)c2cccc3ccccc23)cc1. The Morgan fingerprint density at radius 3 is 2.00 bits per heavy atom. The zero-order valence-electron chi connectivity index (χ0n) is 19.4. The van der Waals surface area contributed by atoms with Gasteiger partial charge in [-0.25, -0.2) is 0 Å². The number of aliphatic hydroxyl groups is 1. The highest BCUT2D eigenvalue weighted by Gasteiger charge is 2.17. The molecule has 4 aromatic rings. The van der Waals surface area contributed by atoms with Crippen molar-refractivity contribution in [1.82, 2.24) is 0 Å². The Bertz CT molecular complexity index is 1370. The van der Waals surface area contributed by atoms with E-state index in [2.05, 4.69) is 42.3 Å². The first-order valence-corrected chi connectivity index (χ1v) is 11.5. The third kappa shape index (κ3) is 5.45. The summed E-state index contributed by atoms with van der Waals surface area (Å²) >= 11 is 0. The Labute approximate surface area is 205 Å². The van der Waals surface area contributed by atoms with Crippen LogP contribution in [0.25, 0.3) is 10.8 Å². The molecule has 35 heavy (non-hydrogen) atoms. The highest BCUT2D eigenvalue weighted by atomic mass is 16.3. The molecule has 174 valence electrons. The first-order chi connectivity index (χ1) is 17.0. The number of hydrogen-bond acceptors (Lipinski definition) is 4. The second-order valence-electron chi connectivity index (χ2n) is 8.34. The number of carbonyl (C=O) groups excluding carboxylic acids is 2. The first kappa shape index (κ1) is 23.9. The number of carbonyl (C=O) groups is 2. The van der Waals surface area contributed by atoms with Crippen LogP contribution in [0.1, 0.15) is 11.1 Å². The standard InChI is InChI=1S/C31H27NO3/c1-3-27(33)20-22-12-16-25(17-13-22)32(29-11-7-9-24-8-5-6-10-28(24)29)26-18-14-23(15-19-26)21-31(35)30(34)4-2/h3-19,31,35H,1-2,20-21H2. The monoisotopic (exact) mass is 461 g/mol. The van der Waals surface area contributed by atoms with Gasteiger partial charge in [-0.15, -0.1) is 0 Å². The van der Waals surface area contributed by atoms with Crippen LogP contribution in [0, 0.1) is 0 Å². The van der Waals surface area contributed by atoms with Crippen molar-refractivity contribution in [3.8, 4) is 0 Å². The summed E-state index contributed by atoms with van der Waals surface area (Å²) in [5.74, 6) is -0.405. The Balaban J connectivity index is 1.75. The summed E-state index contributed by atoms with van der Waals surface area (Å²) in [5, 5.41) is 12.3. The second kappa shape index (κ2) is 10.8. The fourth-order valence-electron chi connectivity index (χ4n) is 4.11. The molecule has 4 aromatic carbocycles. The van der Waals surface area contributed by atoms with Crippen LogP contribution in [0.4, 0.5) is 17.1 Å². The summed E-state index contributed by atoms with van der Waals surface area (Å²) in [6, 6.07) is 30.2. The number of allylic oxidation sites excluding steroid dienone is 1. The molecule has 1 unspecified atom stereocenters. The number of nitrogens with zero attached hydrogens (tertiary/aromatic N) is 1. The minimum Gasteiger partial charge on any atom is -0.385 e. The van der Waals surface area contributed by atoms with Gasteiger partial charge < -0.3 is 10.0 Å². The quantitative estimate of drug-likeness (QED) is 0.283. The van der Waals surface area contributed by atoms with E-state index in [1.54, 1.807) is 0 Å². The van der Waals surface area contributed by atoms with E-state index in [-0.39, 0.29) is 18.0 Å². The minimum atomic E-state index is -1.10. The van der Waals surface area contributed by atoms with Crippen LogP contribution in [-0.4, -0.2) is 22.8 Å². The third-order valence-electron chi connectivity index (χ3n) is 5.96. The second-order valence-corrected chi connectivity index (χ2v) is 8.34. The van der Waals surface area contributed by atoms with Crippen molar-refractivity contribution in [3.63, 3.8) is 0 Å². The van der Waals surface area contributed by atoms with E-state index in [4.69, 9.17) is 0 Å². The van der Waals surface area contributed by atoms with Crippen molar-refractivity contribution in [3.05, 3.63) is 127 Å². The molecule has 1 atom stereocenters. The number of anilines is 3. The number of fused-ring (bicyclic) bond motifs is 1. The maximum absolute atomic E-state index is 11.8. The van der Waals surface area contributed by atoms with E-state index in [1.807, 2.05) is 66.7 Å². The maximum Gasteiger partial charge on any atom is 0.183 e. The Morgan fingerprint density at radius 2 is 1.37 bits per heavy atom. The minimum absolute atomic E-state index is 0.0172. The van der Waals surface area contributed by atoms with Crippen LogP contribution in [0.2, 0.25) is 0 Å². The van der Waals surface area contributed by atoms with Gasteiger partial charge in [-0.3, -0.25) is 9.59 Å². The lowest BCUT2D eigenvalue weighted by atomic mass is 10.0. The average Bonchev–Trinajstić information content (AvgIpc) is 2.90. The Kier molecular flexibility index (Phi) is 7.34. The summed E-state index contributed by atoms with van der Waals surface area (Å²) in [5.41, 5.74) is 4.68. The molecule has 0 aliphatic heterocycles. The van der Waals surface area contributed by atoms with Crippen molar-refractivity contribution >= 4 is 39.4 Å². The molecular weight excluding hydrogens is 434 g/mol. The molecule has 0 saturated carbocycles. The van der Waals surface area contributed by atoms with Gasteiger partial charge in [-0.1, -0.05) is 73.8 Å². The van der Waals surface area contributed by atoms with Gasteiger partial charge in [0.15, 0.2) is 11.6 Å². The largest absolute Gasteiger partial charge is 0.385 e. The predicted octanol–water partition coefficient (Wildman–Crippen LogP) is 6.27. The molecule has 4 rings (SSSR count). The summed E-state index contributed by atoms with van der Waals surface area (Å²) in [6.07, 6.45) is 1.94. The molecule has 0 fully saturated rings. The van der Waals surface area contributed by atoms with E-state index in [0.717, 1.165) is 45.0 Å². The third-order valence-corrected chi connectivity index (χ3v) is 5.96. The molecule has 1 N–H and O–H groups in total. The molecule has 0 amide bonds. The van der Waals surface area contributed by atoms with Crippen LogP contribution in [-0.2, 0) is 22.4 Å². The van der Waals surface area contributed by atoms with E-state index >= 15 is 0 Å². The van der Waals surface area contributed by atoms with Crippen molar-refractivity contribution in [1.29, 1.82) is 0 Å². The van der Waals surface area contributed by atoms with E-state index in [0.29, 0.717) is 6.42 Å². The molecule has 0 spiro atoms. The molecule has 4 heteroatoms.